The molecule has 78 valence electrons. The van der Waals surface area contributed by atoms with Gasteiger partial charge < -0.3 is 0 Å². The lowest BCUT2D eigenvalue weighted by Crippen LogP contribution is -2.17. The molecule has 1 aromatic rings. The lowest BCUT2D eigenvalue weighted by atomic mass is 10.4. The zero-order chi connectivity index (χ0) is 10.6. The molecule has 1 rings (SSSR count). The molecule has 14 heavy (non-hydrogen) atoms. The molecule has 1 atom stereocenters. The molecule has 0 unspecified atom stereocenters. The first-order valence-electron chi connectivity index (χ1n) is 4.04. The van der Waals surface area contributed by atoms with E-state index >= 15 is 0 Å². The lowest BCUT2D eigenvalue weighted by molar-refractivity contribution is 0.595. The van der Waals surface area contributed by atoms with Crippen molar-refractivity contribution in [2.24, 2.45) is 0 Å². The van der Waals surface area contributed by atoms with Crippen LogP contribution in [0.2, 0.25) is 0 Å². The van der Waals surface area contributed by atoms with Crippen molar-refractivity contribution in [3.8, 4) is 0 Å². The summed E-state index contributed by atoms with van der Waals surface area (Å²) in [5, 5.41) is 0.624. The monoisotopic (exact) mass is 340 g/mol. The topological polar surface area (TPSA) is 34.1 Å². The third-order valence-electron chi connectivity index (χ3n) is 1.67. The van der Waals surface area contributed by atoms with Crippen LogP contribution in [-0.4, -0.2) is 24.3 Å². The number of benzene rings is 1. The molecule has 0 saturated carbocycles. The molecule has 1 aromatic carbocycles. The standard InChI is InChI=1S/C9H10Br2O2S/c10-6-8(11)7-14(12,13)9-4-2-1-3-5-9/h1-5,8H,6-7H2/t8-/m0/s1. The Balaban J connectivity index is 2.87. The second kappa shape index (κ2) is 5.28. The van der Waals surface area contributed by atoms with Crippen LogP contribution >= 0.6 is 31.9 Å². The summed E-state index contributed by atoms with van der Waals surface area (Å²) in [6.07, 6.45) is 0. The van der Waals surface area contributed by atoms with E-state index in [-0.39, 0.29) is 10.6 Å². The van der Waals surface area contributed by atoms with Gasteiger partial charge in [-0.3, -0.25) is 0 Å². The number of alkyl halides is 2. The van der Waals surface area contributed by atoms with E-state index in [1.165, 1.54) is 0 Å². The van der Waals surface area contributed by atoms with Gasteiger partial charge in [-0.15, -0.1) is 0 Å². The smallest absolute Gasteiger partial charge is 0.179 e. The minimum Gasteiger partial charge on any atom is -0.224 e. The molecule has 0 N–H and O–H groups in total. The maximum atomic E-state index is 11.8. The Labute approximate surface area is 101 Å². The first-order chi connectivity index (χ1) is 6.56. The van der Waals surface area contributed by atoms with Crippen molar-refractivity contribution >= 4 is 41.7 Å². The Morgan fingerprint density at radius 2 is 1.79 bits per heavy atom. The predicted octanol–water partition coefficient (Wildman–Crippen LogP) is 2.62. The van der Waals surface area contributed by atoms with Crippen molar-refractivity contribution in [1.29, 1.82) is 0 Å². The van der Waals surface area contributed by atoms with E-state index in [4.69, 9.17) is 0 Å². The van der Waals surface area contributed by atoms with E-state index in [1.807, 2.05) is 0 Å². The quantitative estimate of drug-likeness (QED) is 0.789. The highest BCUT2D eigenvalue weighted by Gasteiger charge is 2.18. The number of hydrogen-bond acceptors (Lipinski definition) is 2. The fourth-order valence-electron chi connectivity index (χ4n) is 1.01. The zero-order valence-electron chi connectivity index (χ0n) is 7.36. The second-order valence-electron chi connectivity index (χ2n) is 2.85. The van der Waals surface area contributed by atoms with Crippen molar-refractivity contribution in [3.63, 3.8) is 0 Å². The van der Waals surface area contributed by atoms with Gasteiger partial charge in [0.25, 0.3) is 0 Å². The number of rotatable bonds is 4. The van der Waals surface area contributed by atoms with Gasteiger partial charge in [0, 0.05) is 10.2 Å². The maximum Gasteiger partial charge on any atom is 0.179 e. The average Bonchev–Trinajstić information content (AvgIpc) is 2.18. The maximum absolute atomic E-state index is 11.8. The van der Waals surface area contributed by atoms with Gasteiger partial charge in [-0.05, 0) is 12.1 Å². The van der Waals surface area contributed by atoms with Gasteiger partial charge in [-0.25, -0.2) is 8.42 Å². The largest absolute Gasteiger partial charge is 0.224 e. The fraction of sp³-hybridized carbons (Fsp3) is 0.333. The summed E-state index contributed by atoms with van der Waals surface area (Å²) in [6, 6.07) is 8.48. The third-order valence-corrected chi connectivity index (χ3v) is 6.23. The molecule has 0 saturated heterocycles. The second-order valence-corrected chi connectivity index (χ2v) is 6.82. The number of sulfone groups is 1. The molecule has 0 aliphatic heterocycles. The first kappa shape index (κ1) is 12.2. The normalized spacial score (nSPS) is 13.9. The minimum atomic E-state index is -3.15. The summed E-state index contributed by atoms with van der Waals surface area (Å²) < 4.78 is 23.5. The minimum absolute atomic E-state index is 0.0484. The molecular formula is C9H10Br2O2S. The fourth-order valence-corrected chi connectivity index (χ4v) is 3.94. The van der Waals surface area contributed by atoms with Crippen molar-refractivity contribution < 1.29 is 8.42 Å². The molecule has 0 fully saturated rings. The number of hydrogen-bond donors (Lipinski definition) is 0. The van der Waals surface area contributed by atoms with E-state index < -0.39 is 9.84 Å². The molecule has 0 aliphatic rings. The Morgan fingerprint density at radius 3 is 2.29 bits per heavy atom. The molecule has 0 aromatic heterocycles. The molecule has 5 heteroatoms. The van der Waals surface area contributed by atoms with Crippen molar-refractivity contribution in [1.82, 2.24) is 0 Å². The van der Waals surface area contributed by atoms with Gasteiger partial charge in [0.1, 0.15) is 0 Å². The summed E-state index contributed by atoms with van der Waals surface area (Å²) in [7, 11) is -3.15. The SMILES string of the molecule is O=S(=O)(C[C@@H](Br)CBr)c1ccccc1. The molecule has 0 radical (unpaired) electrons. The van der Waals surface area contributed by atoms with E-state index in [1.54, 1.807) is 30.3 Å². The van der Waals surface area contributed by atoms with Crippen LogP contribution in [0.3, 0.4) is 0 Å². The molecular weight excluding hydrogens is 332 g/mol. The predicted molar refractivity (Wildman–Crippen MR) is 65.0 cm³/mol. The highest BCUT2D eigenvalue weighted by atomic mass is 79.9. The summed E-state index contributed by atoms with van der Waals surface area (Å²) in [4.78, 5) is 0.332. The highest BCUT2D eigenvalue weighted by Crippen LogP contribution is 2.15. The van der Waals surface area contributed by atoms with Crippen molar-refractivity contribution in [2.45, 2.75) is 9.72 Å². The van der Waals surface area contributed by atoms with Gasteiger partial charge in [-0.1, -0.05) is 50.1 Å². The van der Waals surface area contributed by atoms with E-state index in [9.17, 15) is 8.42 Å². The zero-order valence-corrected chi connectivity index (χ0v) is 11.3. The highest BCUT2D eigenvalue weighted by molar-refractivity contribution is 9.12. The Morgan fingerprint density at radius 1 is 1.21 bits per heavy atom. The molecule has 0 aliphatic carbocycles. The van der Waals surface area contributed by atoms with E-state index in [2.05, 4.69) is 31.9 Å². The van der Waals surface area contributed by atoms with E-state index in [0.717, 1.165) is 0 Å². The van der Waals surface area contributed by atoms with Crippen LogP contribution in [-0.2, 0) is 9.84 Å². The van der Waals surface area contributed by atoms with Crippen LogP contribution in [0.15, 0.2) is 35.2 Å². The van der Waals surface area contributed by atoms with Crippen molar-refractivity contribution in [3.05, 3.63) is 30.3 Å². The first-order valence-corrected chi connectivity index (χ1v) is 7.73. The van der Waals surface area contributed by atoms with Gasteiger partial charge >= 0.3 is 0 Å². The summed E-state index contributed by atoms with van der Waals surface area (Å²) in [5.74, 6) is 0.113. The van der Waals surface area contributed by atoms with Crippen LogP contribution < -0.4 is 0 Å². The molecule has 0 spiro atoms. The summed E-state index contributed by atoms with van der Waals surface area (Å²) in [6.45, 7) is 0. The van der Waals surface area contributed by atoms with Gasteiger partial charge in [0.15, 0.2) is 9.84 Å². The molecule has 0 amide bonds. The Kier molecular flexibility index (Phi) is 4.60. The van der Waals surface area contributed by atoms with Crippen LogP contribution in [0, 0.1) is 0 Å². The van der Waals surface area contributed by atoms with Gasteiger partial charge in [-0.2, -0.15) is 0 Å². The van der Waals surface area contributed by atoms with Crippen LogP contribution in [0.4, 0.5) is 0 Å². The van der Waals surface area contributed by atoms with Crippen LogP contribution in [0.25, 0.3) is 0 Å². The number of halogens is 2. The van der Waals surface area contributed by atoms with Gasteiger partial charge in [0.2, 0.25) is 0 Å². The van der Waals surface area contributed by atoms with Crippen LogP contribution in [0.1, 0.15) is 0 Å². The summed E-state index contributed by atoms with van der Waals surface area (Å²) in [5.41, 5.74) is 0. The van der Waals surface area contributed by atoms with Crippen LogP contribution in [0.5, 0.6) is 0 Å². The lowest BCUT2D eigenvalue weighted by Gasteiger charge is -2.07. The van der Waals surface area contributed by atoms with Crippen molar-refractivity contribution in [2.75, 3.05) is 11.1 Å². The summed E-state index contributed by atoms with van der Waals surface area (Å²) >= 11 is 6.51. The average molecular weight is 342 g/mol. The molecule has 2 nitrogen and oxygen atoms in total. The molecule has 0 bridgehead atoms. The molecule has 0 heterocycles. The Bertz CT molecular complexity index is 375. The van der Waals surface area contributed by atoms with E-state index in [0.29, 0.717) is 10.2 Å². The third kappa shape index (κ3) is 3.37. The Hall–Kier alpha value is 0.130. The van der Waals surface area contributed by atoms with Gasteiger partial charge in [0.05, 0.1) is 10.6 Å².